The van der Waals surface area contributed by atoms with Crippen LogP contribution in [0, 0.1) is 11.8 Å². The maximum absolute atomic E-state index is 14.1. The fourth-order valence-corrected chi connectivity index (χ4v) is 5.84. The summed E-state index contributed by atoms with van der Waals surface area (Å²) < 4.78 is 12.7. The molecular weight excluding hydrogens is 540 g/mol. The van der Waals surface area contributed by atoms with Gasteiger partial charge in [0.05, 0.1) is 23.4 Å². The predicted molar refractivity (Wildman–Crippen MR) is 144 cm³/mol. The van der Waals surface area contributed by atoms with E-state index in [-0.39, 0.29) is 23.8 Å². The van der Waals surface area contributed by atoms with Gasteiger partial charge < -0.3 is 15.2 Å². The van der Waals surface area contributed by atoms with E-state index in [4.69, 9.17) is 27.4 Å². The third-order valence-corrected chi connectivity index (χ3v) is 7.49. The molecule has 36 heavy (non-hydrogen) atoms. The van der Waals surface area contributed by atoms with Crippen LogP contribution in [-0.2, 0) is 20.0 Å². The molecule has 0 saturated carbocycles. The van der Waals surface area contributed by atoms with E-state index in [1.807, 2.05) is 65.6 Å². The van der Waals surface area contributed by atoms with Gasteiger partial charge in [-0.1, -0.05) is 88.8 Å². The molecule has 3 aromatic rings. The van der Waals surface area contributed by atoms with Gasteiger partial charge >= 0.3 is 5.97 Å². The average Bonchev–Trinajstić information content (AvgIpc) is 3.32. The number of para-hydroxylation sites is 1. The summed E-state index contributed by atoms with van der Waals surface area (Å²) in [4.78, 5) is 29.5. The summed E-state index contributed by atoms with van der Waals surface area (Å²) in [5, 5.41) is 0. The van der Waals surface area contributed by atoms with E-state index in [1.54, 1.807) is 31.2 Å². The van der Waals surface area contributed by atoms with Crippen LogP contribution in [0.25, 0.3) is 0 Å². The van der Waals surface area contributed by atoms with Crippen molar-refractivity contribution in [2.45, 2.75) is 12.6 Å². The molecule has 2 heterocycles. The van der Waals surface area contributed by atoms with E-state index in [1.165, 1.54) is 0 Å². The lowest BCUT2D eigenvalue weighted by atomic mass is 9.77. The lowest BCUT2D eigenvalue weighted by molar-refractivity contribution is -0.139. The third-order valence-electron chi connectivity index (χ3n) is 6.52. The van der Waals surface area contributed by atoms with Crippen LogP contribution in [0.15, 0.2) is 101 Å². The van der Waals surface area contributed by atoms with Crippen LogP contribution in [0.3, 0.4) is 0 Å². The van der Waals surface area contributed by atoms with Crippen molar-refractivity contribution in [1.29, 1.82) is 0 Å². The molecule has 1 saturated heterocycles. The van der Waals surface area contributed by atoms with E-state index in [2.05, 4.69) is 15.9 Å². The number of nitrogens with zero attached hydrogens (tertiary/aromatic N) is 1. The molecule has 3 atom stereocenters. The molecule has 0 unspecified atom stereocenters. The van der Waals surface area contributed by atoms with Gasteiger partial charge in [0.15, 0.2) is 11.7 Å². The summed E-state index contributed by atoms with van der Waals surface area (Å²) in [5.74, 6) is -2.65. The van der Waals surface area contributed by atoms with Gasteiger partial charge in [-0.15, -0.1) is 0 Å². The van der Waals surface area contributed by atoms with Crippen LogP contribution in [0.5, 0.6) is 0 Å². The second kappa shape index (κ2) is 9.52. The number of esters is 1. The highest BCUT2D eigenvalue weighted by Gasteiger charge is 2.68. The number of halogens is 1. The van der Waals surface area contributed by atoms with Gasteiger partial charge in [-0.25, -0.2) is 4.79 Å². The van der Waals surface area contributed by atoms with Crippen molar-refractivity contribution in [3.63, 3.8) is 0 Å². The number of thiocarbonyl (C=S) groups is 1. The SMILES string of the molecule is CCOC(=O)C1=C(N)O[C@@]2(c3ccccc3)[C@@H]1[C@H](C(=O)c1ccc(Br)cc1)C(=S)N2c1ccccc1. The van der Waals surface area contributed by atoms with Gasteiger partial charge in [0.1, 0.15) is 5.57 Å². The molecule has 0 radical (unpaired) electrons. The maximum atomic E-state index is 14.1. The molecule has 2 aliphatic heterocycles. The predicted octanol–water partition coefficient (Wildman–Crippen LogP) is 5.33. The minimum absolute atomic E-state index is 0.0701. The van der Waals surface area contributed by atoms with E-state index >= 15 is 0 Å². The Hall–Kier alpha value is -3.49. The number of carbonyl (C=O) groups is 2. The first-order chi connectivity index (χ1) is 17.4. The Morgan fingerprint density at radius 1 is 1.03 bits per heavy atom. The van der Waals surface area contributed by atoms with Crippen LogP contribution >= 0.6 is 28.1 Å². The number of anilines is 1. The molecule has 5 rings (SSSR count). The lowest BCUT2D eigenvalue weighted by Crippen LogP contribution is -2.47. The molecule has 0 spiro atoms. The van der Waals surface area contributed by atoms with Crippen molar-refractivity contribution in [2.24, 2.45) is 17.6 Å². The minimum Gasteiger partial charge on any atom is -0.462 e. The molecule has 0 aliphatic carbocycles. The van der Waals surface area contributed by atoms with Gasteiger partial charge in [-0.2, -0.15) is 0 Å². The minimum atomic E-state index is -1.35. The van der Waals surface area contributed by atoms with Crippen LogP contribution < -0.4 is 10.6 Å². The number of ether oxygens (including phenoxy) is 2. The van der Waals surface area contributed by atoms with Gasteiger partial charge in [0.25, 0.3) is 0 Å². The topological polar surface area (TPSA) is 81.9 Å². The average molecular weight is 563 g/mol. The second-order valence-corrected chi connectivity index (χ2v) is 9.83. The van der Waals surface area contributed by atoms with Crippen LogP contribution in [-0.4, -0.2) is 23.3 Å². The molecule has 6 nitrogen and oxygen atoms in total. The Morgan fingerprint density at radius 2 is 1.64 bits per heavy atom. The highest BCUT2D eigenvalue weighted by Crippen LogP contribution is 2.58. The first-order valence-electron chi connectivity index (χ1n) is 11.5. The van der Waals surface area contributed by atoms with Crippen molar-refractivity contribution in [2.75, 3.05) is 11.5 Å². The number of benzene rings is 3. The van der Waals surface area contributed by atoms with Crippen molar-refractivity contribution in [3.05, 3.63) is 112 Å². The molecular formula is C28H23BrN2O4S. The first kappa shape index (κ1) is 24.2. The Balaban J connectivity index is 1.77. The largest absolute Gasteiger partial charge is 0.462 e. The molecule has 0 amide bonds. The molecule has 2 aliphatic rings. The highest BCUT2D eigenvalue weighted by molar-refractivity contribution is 9.10. The van der Waals surface area contributed by atoms with Gasteiger partial charge in [-0.05, 0) is 31.2 Å². The first-order valence-corrected chi connectivity index (χ1v) is 12.7. The maximum Gasteiger partial charge on any atom is 0.339 e. The Labute approximate surface area is 222 Å². The highest BCUT2D eigenvalue weighted by atomic mass is 79.9. The zero-order valence-corrected chi connectivity index (χ0v) is 21.8. The summed E-state index contributed by atoms with van der Waals surface area (Å²) in [5.41, 5.74) is 7.08. The number of ketones is 1. The molecule has 2 N–H and O–H groups in total. The van der Waals surface area contributed by atoms with Gasteiger partial charge in [0, 0.05) is 21.3 Å². The number of rotatable bonds is 6. The summed E-state index contributed by atoms with van der Waals surface area (Å²) in [6.07, 6.45) is 0. The van der Waals surface area contributed by atoms with Gasteiger partial charge in [0.2, 0.25) is 5.72 Å². The van der Waals surface area contributed by atoms with E-state index in [0.29, 0.717) is 10.6 Å². The van der Waals surface area contributed by atoms with Crippen molar-refractivity contribution in [3.8, 4) is 0 Å². The zero-order valence-electron chi connectivity index (χ0n) is 19.4. The Kier molecular flexibility index (Phi) is 6.40. The van der Waals surface area contributed by atoms with Crippen LogP contribution in [0.4, 0.5) is 5.69 Å². The number of fused-ring (bicyclic) bond motifs is 1. The smallest absolute Gasteiger partial charge is 0.339 e. The van der Waals surface area contributed by atoms with E-state index < -0.39 is 23.5 Å². The summed E-state index contributed by atoms with van der Waals surface area (Å²) in [6, 6.07) is 25.9. The number of Topliss-reactive ketones (excluding diaryl/α,β-unsaturated/α-hetero) is 1. The normalized spacial score (nSPS) is 22.8. The fourth-order valence-electron chi connectivity index (χ4n) is 5.09. The summed E-state index contributed by atoms with van der Waals surface area (Å²) in [6.45, 7) is 1.87. The fraction of sp³-hybridized carbons (Fsp3) is 0.179. The van der Waals surface area contributed by atoms with Crippen molar-refractivity contribution < 1.29 is 19.1 Å². The number of hydrogen-bond acceptors (Lipinski definition) is 6. The molecule has 3 aromatic carbocycles. The standard InChI is InChI=1S/C28H23BrN2O4S/c1-2-34-27(33)22-23-21(24(32)17-13-15-19(29)16-14-17)26(36)31(20-11-7-4-8-12-20)28(23,35-25(22)30)18-9-5-3-6-10-18/h3-16,21,23H,2,30H2,1H3/t21-,23-,28+/m1/s1. The third kappa shape index (κ3) is 3.72. The van der Waals surface area contributed by atoms with Gasteiger partial charge in [-0.3, -0.25) is 9.69 Å². The molecule has 1 fully saturated rings. The molecule has 0 aromatic heterocycles. The summed E-state index contributed by atoms with van der Waals surface area (Å²) >= 11 is 9.43. The number of carbonyl (C=O) groups excluding carboxylic acids is 2. The molecule has 182 valence electrons. The Bertz CT molecular complexity index is 1360. The summed E-state index contributed by atoms with van der Waals surface area (Å²) in [7, 11) is 0. The zero-order chi connectivity index (χ0) is 25.4. The second-order valence-electron chi connectivity index (χ2n) is 8.50. The number of nitrogens with two attached hydrogens (primary N) is 1. The van der Waals surface area contributed by atoms with Crippen molar-refractivity contribution in [1.82, 2.24) is 0 Å². The quantitative estimate of drug-likeness (QED) is 0.247. The van der Waals surface area contributed by atoms with Crippen molar-refractivity contribution >= 4 is 50.6 Å². The molecule has 0 bridgehead atoms. The number of hydrogen-bond donors (Lipinski definition) is 1. The molecule has 8 heteroatoms. The monoisotopic (exact) mass is 562 g/mol. The Morgan fingerprint density at radius 3 is 2.25 bits per heavy atom. The van der Waals surface area contributed by atoms with Crippen LogP contribution in [0.2, 0.25) is 0 Å². The van der Waals surface area contributed by atoms with E-state index in [9.17, 15) is 9.59 Å². The van der Waals surface area contributed by atoms with Crippen LogP contribution in [0.1, 0.15) is 22.8 Å². The van der Waals surface area contributed by atoms with E-state index in [0.717, 1.165) is 15.7 Å². The lowest BCUT2D eigenvalue weighted by Gasteiger charge is -2.39.